The van der Waals surface area contributed by atoms with Crippen LogP contribution in [-0.4, -0.2) is 22.5 Å². The summed E-state index contributed by atoms with van der Waals surface area (Å²) in [6.07, 6.45) is -4.58. The van der Waals surface area contributed by atoms with E-state index in [0.717, 1.165) is 34.4 Å². The van der Waals surface area contributed by atoms with E-state index in [1.54, 1.807) is 24.3 Å². The maximum Gasteiger partial charge on any atom is 0.416 e. The van der Waals surface area contributed by atoms with Crippen LogP contribution in [-0.2, 0) is 12.7 Å². The topological polar surface area (TPSA) is 80.5 Å². The molecule has 5 nitrogen and oxygen atoms in total. The van der Waals surface area contributed by atoms with Gasteiger partial charge in [0.25, 0.3) is 11.8 Å². The van der Waals surface area contributed by atoms with Crippen molar-refractivity contribution >= 4 is 33.9 Å². The Hall–Kier alpha value is -3.46. The largest absolute Gasteiger partial charge is 0.416 e. The number of nitrogen functional groups attached to an aromatic ring is 1. The standard InChI is InChI=1S/C21H13F3N2O3S/c22-21(23,24)12-5-3-4-11(8-12)17(27)16-9-13(30-18(16)25)10-26-19(28)14-6-1-2-7-15(14)20(26)29/h1-9H,10,25H2. The van der Waals surface area contributed by atoms with Crippen LogP contribution in [0.2, 0.25) is 0 Å². The zero-order chi connectivity index (χ0) is 21.6. The number of hydrogen-bond donors (Lipinski definition) is 1. The molecule has 0 bridgehead atoms. The lowest BCUT2D eigenvalue weighted by Crippen LogP contribution is -2.28. The van der Waals surface area contributed by atoms with Gasteiger partial charge in [-0.2, -0.15) is 13.2 Å². The van der Waals surface area contributed by atoms with E-state index in [-0.39, 0.29) is 22.7 Å². The van der Waals surface area contributed by atoms with Crippen LogP contribution in [0.15, 0.2) is 54.6 Å². The Morgan fingerprint density at radius 1 is 0.967 bits per heavy atom. The zero-order valence-electron chi connectivity index (χ0n) is 15.2. The van der Waals surface area contributed by atoms with Crippen molar-refractivity contribution in [1.29, 1.82) is 0 Å². The molecule has 0 saturated heterocycles. The molecule has 3 aromatic rings. The van der Waals surface area contributed by atoms with E-state index < -0.39 is 29.3 Å². The van der Waals surface area contributed by atoms with E-state index in [1.165, 1.54) is 12.1 Å². The number of nitrogens with zero attached hydrogens (tertiary/aromatic N) is 1. The van der Waals surface area contributed by atoms with Crippen LogP contribution in [0.25, 0.3) is 0 Å². The van der Waals surface area contributed by atoms with Crippen LogP contribution in [0.1, 0.15) is 47.1 Å². The molecule has 2 heterocycles. The van der Waals surface area contributed by atoms with Crippen molar-refractivity contribution in [2.24, 2.45) is 0 Å². The number of amides is 2. The second-order valence-electron chi connectivity index (χ2n) is 6.64. The molecule has 0 saturated carbocycles. The smallest absolute Gasteiger partial charge is 0.390 e. The van der Waals surface area contributed by atoms with Crippen molar-refractivity contribution in [1.82, 2.24) is 4.90 Å². The maximum absolute atomic E-state index is 12.9. The Balaban J connectivity index is 1.60. The fourth-order valence-corrected chi connectivity index (χ4v) is 4.16. The minimum atomic E-state index is -4.58. The molecule has 2 aromatic carbocycles. The lowest BCUT2D eigenvalue weighted by Gasteiger charge is -2.12. The highest BCUT2D eigenvalue weighted by Gasteiger charge is 2.36. The van der Waals surface area contributed by atoms with Crippen LogP contribution in [0.5, 0.6) is 0 Å². The summed E-state index contributed by atoms with van der Waals surface area (Å²) in [6, 6.07) is 11.9. The van der Waals surface area contributed by atoms with Gasteiger partial charge in [-0.15, -0.1) is 11.3 Å². The summed E-state index contributed by atoms with van der Waals surface area (Å²) in [7, 11) is 0. The summed E-state index contributed by atoms with van der Waals surface area (Å²) >= 11 is 1.01. The van der Waals surface area contributed by atoms with Gasteiger partial charge >= 0.3 is 6.18 Å². The summed E-state index contributed by atoms with van der Waals surface area (Å²) in [4.78, 5) is 39.2. The fraction of sp³-hybridized carbons (Fsp3) is 0.0952. The molecule has 1 aliphatic heterocycles. The molecule has 2 amide bonds. The molecule has 1 aliphatic rings. The number of nitrogens with two attached hydrogens (primary N) is 1. The molecular weight excluding hydrogens is 417 g/mol. The van der Waals surface area contributed by atoms with Gasteiger partial charge in [0.15, 0.2) is 5.78 Å². The van der Waals surface area contributed by atoms with Crippen molar-refractivity contribution in [3.63, 3.8) is 0 Å². The normalized spacial score (nSPS) is 13.6. The molecule has 152 valence electrons. The Kier molecular flexibility index (Phi) is 4.70. The van der Waals surface area contributed by atoms with Crippen molar-refractivity contribution in [2.75, 3.05) is 5.73 Å². The second-order valence-corrected chi connectivity index (χ2v) is 7.81. The first kappa shape index (κ1) is 19.8. The van der Waals surface area contributed by atoms with E-state index in [0.29, 0.717) is 16.0 Å². The zero-order valence-corrected chi connectivity index (χ0v) is 16.0. The number of carbonyl (C=O) groups is 3. The number of rotatable bonds is 4. The molecular formula is C21H13F3N2O3S. The number of halogens is 3. The van der Waals surface area contributed by atoms with Gasteiger partial charge in [-0.1, -0.05) is 24.3 Å². The maximum atomic E-state index is 12.9. The highest BCUT2D eigenvalue weighted by atomic mass is 32.1. The van der Waals surface area contributed by atoms with Crippen molar-refractivity contribution in [2.45, 2.75) is 12.7 Å². The summed E-state index contributed by atoms with van der Waals surface area (Å²) in [5.41, 5.74) is 5.46. The van der Waals surface area contributed by atoms with Gasteiger partial charge in [0, 0.05) is 10.4 Å². The fourth-order valence-electron chi connectivity index (χ4n) is 3.24. The summed E-state index contributed by atoms with van der Waals surface area (Å²) in [5, 5.41) is 0.101. The minimum Gasteiger partial charge on any atom is -0.390 e. The predicted octanol–water partition coefficient (Wildman–Crippen LogP) is 4.38. The van der Waals surface area contributed by atoms with Crippen molar-refractivity contribution in [3.8, 4) is 0 Å². The summed E-state index contributed by atoms with van der Waals surface area (Å²) < 4.78 is 38.8. The lowest BCUT2D eigenvalue weighted by molar-refractivity contribution is -0.137. The third-order valence-electron chi connectivity index (χ3n) is 4.70. The molecule has 0 atom stereocenters. The van der Waals surface area contributed by atoms with E-state index in [2.05, 4.69) is 0 Å². The van der Waals surface area contributed by atoms with Crippen LogP contribution >= 0.6 is 11.3 Å². The van der Waals surface area contributed by atoms with Gasteiger partial charge in [-0.05, 0) is 30.3 Å². The van der Waals surface area contributed by atoms with Crippen LogP contribution in [0.4, 0.5) is 18.2 Å². The molecule has 30 heavy (non-hydrogen) atoms. The molecule has 0 radical (unpaired) electrons. The van der Waals surface area contributed by atoms with E-state index >= 15 is 0 Å². The number of imide groups is 1. The number of anilines is 1. The molecule has 9 heteroatoms. The Labute approximate surface area is 172 Å². The number of carbonyl (C=O) groups excluding carboxylic acids is 3. The molecule has 2 N–H and O–H groups in total. The van der Waals surface area contributed by atoms with Gasteiger partial charge in [-0.25, -0.2) is 0 Å². The Bertz CT molecular complexity index is 1170. The summed E-state index contributed by atoms with van der Waals surface area (Å²) in [6.45, 7) is -0.0862. The number of benzene rings is 2. The second kappa shape index (κ2) is 7.10. The van der Waals surface area contributed by atoms with E-state index in [1.807, 2.05) is 0 Å². The lowest BCUT2D eigenvalue weighted by atomic mass is 10.0. The SMILES string of the molecule is Nc1sc(CN2C(=O)c3ccccc3C2=O)cc1C(=O)c1cccc(C(F)(F)F)c1. The third-order valence-corrected chi connectivity index (χ3v) is 5.65. The Morgan fingerprint density at radius 3 is 2.20 bits per heavy atom. The van der Waals surface area contributed by atoms with Crippen LogP contribution < -0.4 is 5.73 Å². The molecule has 4 rings (SSSR count). The van der Waals surface area contributed by atoms with Gasteiger partial charge in [0.1, 0.15) is 0 Å². The van der Waals surface area contributed by atoms with E-state index in [9.17, 15) is 27.6 Å². The highest BCUT2D eigenvalue weighted by Crippen LogP contribution is 2.33. The molecule has 0 fully saturated rings. The number of fused-ring (bicyclic) bond motifs is 1. The van der Waals surface area contributed by atoms with Gasteiger partial charge in [0.05, 0.1) is 33.8 Å². The van der Waals surface area contributed by atoms with Gasteiger partial charge in [-0.3, -0.25) is 19.3 Å². The molecule has 0 unspecified atom stereocenters. The minimum absolute atomic E-state index is 0.0333. The monoisotopic (exact) mass is 430 g/mol. The van der Waals surface area contributed by atoms with Gasteiger partial charge in [0.2, 0.25) is 0 Å². The van der Waals surface area contributed by atoms with Crippen LogP contribution in [0, 0.1) is 0 Å². The average Bonchev–Trinajstić information content (AvgIpc) is 3.20. The quantitative estimate of drug-likeness (QED) is 0.492. The van der Waals surface area contributed by atoms with Crippen molar-refractivity contribution < 1.29 is 27.6 Å². The average molecular weight is 430 g/mol. The summed E-state index contributed by atoms with van der Waals surface area (Å²) in [5.74, 6) is -1.56. The molecule has 1 aromatic heterocycles. The first-order chi connectivity index (χ1) is 14.2. The number of hydrogen-bond acceptors (Lipinski definition) is 5. The number of alkyl halides is 3. The Morgan fingerprint density at radius 2 is 1.60 bits per heavy atom. The first-order valence-electron chi connectivity index (χ1n) is 8.72. The van der Waals surface area contributed by atoms with Crippen molar-refractivity contribution in [3.05, 3.63) is 87.3 Å². The van der Waals surface area contributed by atoms with Gasteiger partial charge < -0.3 is 5.73 Å². The number of ketones is 1. The highest BCUT2D eigenvalue weighted by molar-refractivity contribution is 7.16. The molecule has 0 aliphatic carbocycles. The molecule has 0 spiro atoms. The predicted molar refractivity (Wildman–Crippen MR) is 104 cm³/mol. The van der Waals surface area contributed by atoms with Crippen LogP contribution in [0.3, 0.4) is 0 Å². The number of thiophene rings is 1. The van der Waals surface area contributed by atoms with E-state index in [4.69, 9.17) is 5.73 Å². The first-order valence-corrected chi connectivity index (χ1v) is 9.54. The third kappa shape index (κ3) is 3.37.